The lowest BCUT2D eigenvalue weighted by Crippen LogP contribution is -2.61. The smallest absolute Gasteiger partial charge is 0.310 e. The molecule has 7 aliphatic heterocycles. The van der Waals surface area contributed by atoms with Crippen LogP contribution in [0.4, 0.5) is 0 Å². The highest BCUT2D eigenvalue weighted by Gasteiger charge is 2.54. The largest absolute Gasteiger partial charge is 0.507 e. The Morgan fingerprint density at radius 1 is 0.305 bits per heavy atom. The third-order valence-corrected chi connectivity index (χ3v) is 33.3. The first kappa shape index (κ1) is 115. The summed E-state index contributed by atoms with van der Waals surface area (Å²) in [6.45, 7) is 75.8. The first-order valence-electron chi connectivity index (χ1n) is 50.6. The number of hydrogen-bond acceptors (Lipinski definition) is 22. The average Bonchev–Trinajstić information content (AvgIpc) is 0.781. The van der Waals surface area contributed by atoms with Crippen LogP contribution in [0.1, 0.15) is 432 Å². The van der Waals surface area contributed by atoms with E-state index >= 15 is 0 Å². The van der Waals surface area contributed by atoms with Crippen LogP contribution >= 0.6 is 0 Å². The molecule has 756 valence electrons. The van der Waals surface area contributed by atoms with Gasteiger partial charge in [0.25, 0.3) is 0 Å². The van der Waals surface area contributed by atoms with E-state index in [1.807, 2.05) is 0 Å². The molecule has 3 atom stereocenters. The highest BCUT2D eigenvalue weighted by Crippen LogP contribution is 2.48. The van der Waals surface area contributed by atoms with E-state index in [9.17, 15) is 38.7 Å². The number of hydrogen-bond donors (Lipinski definition) is 1. The second kappa shape index (κ2) is 42.8. The summed E-state index contributed by atoms with van der Waals surface area (Å²) in [4.78, 5) is 113. The topological polar surface area (TPSA) is 227 Å². The van der Waals surface area contributed by atoms with Crippen molar-refractivity contribution in [2.75, 3.05) is 49.3 Å². The zero-order valence-electron chi connectivity index (χ0n) is 91.5. The lowest BCUT2D eigenvalue weighted by Gasteiger charge is -2.53. The van der Waals surface area contributed by atoms with E-state index in [1.54, 1.807) is 0 Å². The molecule has 131 heavy (non-hydrogen) atoms. The van der Waals surface area contributed by atoms with Crippen molar-refractivity contribution in [2.24, 2.45) is 17.8 Å². The Morgan fingerprint density at radius 3 is 0.702 bits per heavy atom. The van der Waals surface area contributed by atoms with Gasteiger partial charge in [-0.05, 0) is 296 Å². The molecule has 0 aliphatic carbocycles. The average molecular weight is 1840 g/mol. The maximum Gasteiger partial charge on any atom is 0.310 e. The molecular formula is C109H195N7O15. The highest BCUT2D eigenvalue weighted by molar-refractivity contribution is 5.89. The zero-order chi connectivity index (χ0) is 100. The Bertz CT molecular complexity index is 3660. The number of piperidine rings is 7. The van der Waals surface area contributed by atoms with Crippen molar-refractivity contribution in [2.45, 2.75) is 553 Å². The number of carbonyl (C=O) groups is 7. The summed E-state index contributed by atoms with van der Waals surface area (Å²) < 4.78 is 43.2. The summed E-state index contributed by atoms with van der Waals surface area (Å²) in [5.41, 5.74) is 0.529. The third kappa shape index (κ3) is 30.8. The van der Waals surface area contributed by atoms with Crippen molar-refractivity contribution in [3.8, 4) is 5.75 Å². The van der Waals surface area contributed by atoms with E-state index in [1.165, 1.54) is 0 Å². The van der Waals surface area contributed by atoms with Crippen LogP contribution in [0.2, 0.25) is 0 Å². The molecule has 0 amide bonds. The number of likely N-dealkylation sites (tertiary alicyclic amines) is 7. The predicted molar refractivity (Wildman–Crippen MR) is 531 cm³/mol. The third-order valence-electron chi connectivity index (χ3n) is 33.3. The predicted octanol–water partition coefficient (Wildman–Crippen LogP) is 21.8. The maximum atomic E-state index is 14.8. The SMILES string of the molecule is CCCCC(Cc1cc(C(C)(C)C)c(O)c(C(C)(C)C)c1)C(=O)OC1CC(C)(C)N(C)C(C)(C)C1.CN1C(C)(C)CC(OC(=O)CC(C(=O)OC2CC(C)(C)N(C)C(C)(C)C2)C(CC(=O)OC2CC(C)(C)N(C)C(C)(C)C2)C(=O)OC2CC(C)(C)N(C)C(C)(C)C2)CC1(C)C.CN1C(C)(C)CC(OC(=O)CCCCCCCCC(=O)OC2CC(C)(C)N(C)C(C)(C)C2)CC1(C)C. The first-order valence-corrected chi connectivity index (χ1v) is 50.6. The molecule has 0 radical (unpaired) electrons. The van der Waals surface area contributed by atoms with Crippen LogP contribution in [-0.2, 0) is 84.0 Å². The van der Waals surface area contributed by atoms with Crippen molar-refractivity contribution in [3.05, 3.63) is 28.8 Å². The van der Waals surface area contributed by atoms with Gasteiger partial charge < -0.3 is 38.3 Å². The number of phenolic OH excluding ortho intramolecular Hbond substituents is 1. The molecule has 7 fully saturated rings. The molecule has 1 N–H and O–H groups in total. The van der Waals surface area contributed by atoms with Crippen LogP contribution in [0.15, 0.2) is 12.1 Å². The van der Waals surface area contributed by atoms with E-state index in [-0.39, 0.29) is 131 Å². The second-order valence-electron chi connectivity index (χ2n) is 52.6. The molecule has 7 saturated heterocycles. The molecule has 3 unspecified atom stereocenters. The fourth-order valence-corrected chi connectivity index (χ4v) is 23.6. The Balaban J connectivity index is 0.000000321. The van der Waals surface area contributed by atoms with Crippen molar-refractivity contribution in [3.63, 3.8) is 0 Å². The van der Waals surface area contributed by atoms with Crippen LogP contribution in [-0.4, -0.2) is 251 Å². The van der Waals surface area contributed by atoms with E-state index in [0.717, 1.165) is 113 Å². The quantitative estimate of drug-likeness (QED) is 0.0447. The van der Waals surface area contributed by atoms with E-state index in [0.29, 0.717) is 76.4 Å². The summed E-state index contributed by atoms with van der Waals surface area (Å²) in [6.07, 6.45) is 17.8. The number of carbonyl (C=O) groups excluding carboxylic acids is 7. The van der Waals surface area contributed by atoms with Gasteiger partial charge in [0, 0.05) is 180 Å². The van der Waals surface area contributed by atoms with Gasteiger partial charge in [-0.3, -0.25) is 67.9 Å². The van der Waals surface area contributed by atoms with E-state index in [2.05, 4.69) is 338 Å². The van der Waals surface area contributed by atoms with Gasteiger partial charge in [0.15, 0.2) is 0 Å². The standard InChI is InChI=1S/C48H86N4O8.C31H53NO3.C30H56N2O4/c1-41(2)23-31(24-42(3,4)49(41)17)57-37(53)21-35(39(55)59-33-27-45(9,10)51(19)46(11,12)28-33)36(40(56)60-34-29-47(13,14)52(20)48(15,16)30-34)22-38(54)58-32-25-43(5,6)50(18)44(7,8)26-32;1-13-14-15-22(27(34)35-23-19-30(8,9)32(12)31(10,11)20-23)16-21-17-24(28(2,3)4)26(33)25(18-21)29(5,6)7;1-27(2)19-23(20-28(3,4)31(27)9)35-25(33)17-15-13-11-12-14-16-18-26(34)36-24-21-29(5,6)32(10)30(7,8)22-24/h31-36H,21-30H2,1-20H3;17-18,22-23,33H,13-16,19-20H2,1-12H3;23-24H,11-22H2,1-10H3. The number of benzene rings is 1. The Hall–Kier alpha value is -4.97. The molecule has 0 spiro atoms. The van der Waals surface area contributed by atoms with Crippen molar-refractivity contribution >= 4 is 41.8 Å². The van der Waals surface area contributed by atoms with Crippen molar-refractivity contribution in [1.82, 2.24) is 34.3 Å². The molecule has 7 aliphatic rings. The van der Waals surface area contributed by atoms with Crippen LogP contribution in [0.5, 0.6) is 5.75 Å². The number of aromatic hydroxyl groups is 1. The number of phenols is 1. The van der Waals surface area contributed by atoms with Gasteiger partial charge in [-0.2, -0.15) is 0 Å². The van der Waals surface area contributed by atoms with Crippen molar-refractivity contribution < 1.29 is 71.8 Å². The fourth-order valence-electron chi connectivity index (χ4n) is 23.6. The number of esters is 7. The van der Waals surface area contributed by atoms with Gasteiger partial charge in [0.2, 0.25) is 0 Å². The van der Waals surface area contributed by atoms with Crippen LogP contribution in [0.3, 0.4) is 0 Å². The molecule has 8 rings (SSSR count). The summed E-state index contributed by atoms with van der Waals surface area (Å²) in [5, 5.41) is 11.1. The number of nitrogens with zero attached hydrogens (tertiary/aromatic N) is 7. The van der Waals surface area contributed by atoms with Crippen LogP contribution < -0.4 is 0 Å². The monoisotopic (exact) mass is 1840 g/mol. The molecule has 22 heteroatoms. The number of rotatable bonds is 29. The maximum absolute atomic E-state index is 14.8. The molecule has 22 nitrogen and oxygen atoms in total. The van der Waals surface area contributed by atoms with Gasteiger partial charge in [-0.1, -0.05) is 99.1 Å². The normalized spacial score (nSPS) is 25.0. The highest BCUT2D eigenvalue weighted by atomic mass is 16.6. The minimum atomic E-state index is -1.34. The van der Waals surface area contributed by atoms with E-state index < -0.39 is 73.0 Å². The number of ether oxygens (including phenoxy) is 7. The van der Waals surface area contributed by atoms with Gasteiger partial charge in [-0.25, -0.2) is 0 Å². The minimum Gasteiger partial charge on any atom is -0.507 e. The molecule has 0 bridgehead atoms. The molecule has 1 aromatic rings. The summed E-state index contributed by atoms with van der Waals surface area (Å²) in [6, 6.07) is 4.22. The summed E-state index contributed by atoms with van der Waals surface area (Å²) in [7, 11) is 14.8. The fraction of sp³-hybridized carbons (Fsp3) is 0.881. The lowest BCUT2D eigenvalue weighted by molar-refractivity contribution is -0.182. The van der Waals surface area contributed by atoms with Gasteiger partial charge in [-0.15, -0.1) is 0 Å². The molecule has 1 aromatic carbocycles. The molecular weight excluding hydrogens is 1650 g/mol. The minimum absolute atomic E-state index is 0.00474. The Labute approximate surface area is 798 Å². The van der Waals surface area contributed by atoms with Crippen LogP contribution in [0, 0.1) is 17.8 Å². The molecule has 7 heterocycles. The van der Waals surface area contributed by atoms with Crippen molar-refractivity contribution in [1.29, 1.82) is 0 Å². The summed E-state index contributed by atoms with van der Waals surface area (Å²) >= 11 is 0. The first-order chi connectivity index (χ1) is 59.2. The van der Waals surface area contributed by atoms with Gasteiger partial charge >= 0.3 is 41.8 Å². The Morgan fingerprint density at radius 2 is 0.496 bits per heavy atom. The zero-order valence-corrected chi connectivity index (χ0v) is 91.5. The lowest BCUT2D eigenvalue weighted by atomic mass is 9.77. The number of unbranched alkanes of at least 4 members (excludes halogenated alkanes) is 6. The molecule has 0 saturated carbocycles. The molecule has 0 aromatic heterocycles. The van der Waals surface area contributed by atoms with E-state index in [4.69, 9.17) is 33.2 Å². The van der Waals surface area contributed by atoms with Gasteiger partial charge in [0.1, 0.15) is 48.5 Å². The van der Waals surface area contributed by atoms with Gasteiger partial charge in [0.05, 0.1) is 30.6 Å². The van der Waals surface area contributed by atoms with Crippen LogP contribution in [0.25, 0.3) is 0 Å². The second-order valence-corrected chi connectivity index (χ2v) is 52.6. The summed E-state index contributed by atoms with van der Waals surface area (Å²) in [5.74, 6) is -5.25. The Kier molecular flexibility index (Phi) is 37.5.